The van der Waals surface area contributed by atoms with Gasteiger partial charge in [-0.1, -0.05) is 18.2 Å². The van der Waals surface area contributed by atoms with E-state index < -0.39 is 0 Å². The van der Waals surface area contributed by atoms with Crippen LogP contribution in [0.1, 0.15) is 5.56 Å². The highest BCUT2D eigenvalue weighted by atomic mass is 14.9. The molecule has 0 fully saturated rings. The van der Waals surface area contributed by atoms with Crippen LogP contribution in [0.5, 0.6) is 0 Å². The lowest BCUT2D eigenvalue weighted by Crippen LogP contribution is -1.83. The Morgan fingerprint density at radius 2 is 2.09 bits per heavy atom. The fourth-order valence-electron chi connectivity index (χ4n) is 1.10. The SMILES string of the molecule is C1=NC=Nc2ccccc2C1. The standard InChI is InChI=1S/C9H8N2/c1-2-4-9-8(3-1)5-6-10-7-11-9/h1-4,6-7H,5H2. The lowest BCUT2D eigenvalue weighted by molar-refractivity contribution is 1.34. The normalized spacial score (nSPS) is 14.2. The molecule has 0 spiro atoms. The lowest BCUT2D eigenvalue weighted by Gasteiger charge is -1.97. The summed E-state index contributed by atoms with van der Waals surface area (Å²) in [7, 11) is 0. The molecule has 1 aliphatic rings. The Morgan fingerprint density at radius 1 is 1.18 bits per heavy atom. The van der Waals surface area contributed by atoms with E-state index in [9.17, 15) is 0 Å². The van der Waals surface area contributed by atoms with Crippen LogP contribution in [0, 0.1) is 0 Å². The predicted molar refractivity (Wildman–Crippen MR) is 46.8 cm³/mol. The van der Waals surface area contributed by atoms with Crippen molar-refractivity contribution in [3.05, 3.63) is 29.8 Å². The molecule has 54 valence electrons. The lowest BCUT2D eigenvalue weighted by atomic mass is 10.1. The maximum atomic E-state index is 4.16. The molecule has 0 aromatic heterocycles. The first-order chi connectivity index (χ1) is 5.47. The molecule has 0 bridgehead atoms. The van der Waals surface area contributed by atoms with E-state index in [0.717, 1.165) is 12.1 Å². The Kier molecular flexibility index (Phi) is 1.52. The average molecular weight is 144 g/mol. The third-order valence-corrected chi connectivity index (χ3v) is 1.67. The molecule has 0 amide bonds. The highest BCUT2D eigenvalue weighted by molar-refractivity contribution is 5.79. The molecule has 0 saturated carbocycles. The minimum atomic E-state index is 0.885. The second-order valence-corrected chi connectivity index (χ2v) is 2.41. The molecular weight excluding hydrogens is 136 g/mol. The van der Waals surface area contributed by atoms with Crippen LogP contribution in [0.4, 0.5) is 5.69 Å². The van der Waals surface area contributed by atoms with Gasteiger partial charge < -0.3 is 0 Å². The predicted octanol–water partition coefficient (Wildman–Crippen LogP) is 1.97. The quantitative estimate of drug-likeness (QED) is 0.532. The van der Waals surface area contributed by atoms with Crippen LogP contribution in [0.3, 0.4) is 0 Å². The van der Waals surface area contributed by atoms with E-state index in [-0.39, 0.29) is 0 Å². The van der Waals surface area contributed by atoms with Crippen molar-refractivity contribution >= 4 is 18.2 Å². The fraction of sp³-hybridized carbons (Fsp3) is 0.111. The second-order valence-electron chi connectivity index (χ2n) is 2.41. The third kappa shape index (κ3) is 1.19. The van der Waals surface area contributed by atoms with Gasteiger partial charge in [-0.05, 0) is 11.6 Å². The Hall–Kier alpha value is -1.44. The first-order valence-corrected chi connectivity index (χ1v) is 3.59. The van der Waals surface area contributed by atoms with E-state index in [1.54, 1.807) is 6.34 Å². The summed E-state index contributed by atoms with van der Waals surface area (Å²) < 4.78 is 0. The molecule has 11 heavy (non-hydrogen) atoms. The van der Waals surface area contributed by atoms with Gasteiger partial charge in [-0.2, -0.15) is 0 Å². The van der Waals surface area contributed by atoms with Gasteiger partial charge in [0.25, 0.3) is 0 Å². The Morgan fingerprint density at radius 3 is 3.09 bits per heavy atom. The summed E-state index contributed by atoms with van der Waals surface area (Å²) in [4.78, 5) is 8.13. The van der Waals surface area contributed by atoms with Gasteiger partial charge in [0.05, 0.1) is 5.69 Å². The Balaban J connectivity index is 2.52. The van der Waals surface area contributed by atoms with Gasteiger partial charge in [-0.3, -0.25) is 0 Å². The molecule has 0 radical (unpaired) electrons. The number of benzene rings is 1. The number of fused-ring (bicyclic) bond motifs is 1. The number of hydrogen-bond donors (Lipinski definition) is 0. The topological polar surface area (TPSA) is 24.7 Å². The smallest absolute Gasteiger partial charge is 0.115 e. The number of aliphatic imine (C=N–C) groups is 2. The molecule has 0 saturated heterocycles. The van der Waals surface area contributed by atoms with Crippen molar-refractivity contribution < 1.29 is 0 Å². The number of nitrogens with zero attached hydrogens (tertiary/aromatic N) is 2. The molecule has 0 aliphatic carbocycles. The van der Waals surface area contributed by atoms with E-state index in [1.165, 1.54) is 5.56 Å². The summed E-state index contributed by atoms with van der Waals surface area (Å²) in [5.41, 5.74) is 2.27. The van der Waals surface area contributed by atoms with Gasteiger partial charge in [0.1, 0.15) is 6.34 Å². The van der Waals surface area contributed by atoms with Gasteiger partial charge in [0.2, 0.25) is 0 Å². The Labute approximate surface area is 65.3 Å². The van der Waals surface area contributed by atoms with E-state index in [4.69, 9.17) is 0 Å². The Bertz CT molecular complexity index is 313. The van der Waals surface area contributed by atoms with Gasteiger partial charge in [-0.15, -0.1) is 0 Å². The summed E-state index contributed by atoms with van der Waals surface area (Å²) in [6.07, 6.45) is 4.34. The average Bonchev–Trinajstić information content (AvgIpc) is 2.28. The number of hydrogen-bond acceptors (Lipinski definition) is 2. The minimum absolute atomic E-state index is 0.885. The zero-order valence-electron chi connectivity index (χ0n) is 6.07. The highest BCUT2D eigenvalue weighted by Crippen LogP contribution is 2.18. The second kappa shape index (κ2) is 2.66. The maximum absolute atomic E-state index is 4.16. The first kappa shape index (κ1) is 6.28. The highest BCUT2D eigenvalue weighted by Gasteiger charge is 1.98. The van der Waals surface area contributed by atoms with Crippen LogP contribution in [0.2, 0.25) is 0 Å². The van der Waals surface area contributed by atoms with Crippen molar-refractivity contribution in [3.8, 4) is 0 Å². The summed E-state index contributed by atoms with van der Waals surface area (Å²) in [6.45, 7) is 0. The van der Waals surface area contributed by atoms with Crippen molar-refractivity contribution in [2.24, 2.45) is 9.98 Å². The van der Waals surface area contributed by atoms with Crippen molar-refractivity contribution in [1.29, 1.82) is 0 Å². The summed E-state index contributed by atoms with van der Waals surface area (Å²) in [5, 5.41) is 0. The maximum Gasteiger partial charge on any atom is 0.115 e. The fourth-order valence-corrected chi connectivity index (χ4v) is 1.10. The zero-order valence-corrected chi connectivity index (χ0v) is 6.07. The van der Waals surface area contributed by atoms with Crippen molar-refractivity contribution in [3.63, 3.8) is 0 Å². The molecule has 1 aliphatic heterocycles. The minimum Gasteiger partial charge on any atom is -0.249 e. The van der Waals surface area contributed by atoms with Crippen molar-refractivity contribution in [2.45, 2.75) is 6.42 Å². The van der Waals surface area contributed by atoms with E-state index in [2.05, 4.69) is 16.1 Å². The molecule has 1 aromatic carbocycles. The first-order valence-electron chi connectivity index (χ1n) is 3.59. The molecular formula is C9H8N2. The third-order valence-electron chi connectivity index (χ3n) is 1.67. The summed E-state index contributed by atoms with van der Waals surface area (Å²) in [5.74, 6) is 0. The zero-order chi connectivity index (χ0) is 7.52. The van der Waals surface area contributed by atoms with Crippen LogP contribution in [0.25, 0.3) is 0 Å². The molecule has 1 heterocycles. The van der Waals surface area contributed by atoms with E-state index in [1.807, 2.05) is 24.4 Å². The number of para-hydroxylation sites is 1. The molecule has 0 unspecified atom stereocenters. The van der Waals surface area contributed by atoms with Crippen LogP contribution in [-0.2, 0) is 6.42 Å². The van der Waals surface area contributed by atoms with Crippen molar-refractivity contribution in [1.82, 2.24) is 0 Å². The van der Waals surface area contributed by atoms with Crippen LogP contribution >= 0.6 is 0 Å². The molecule has 1 aromatic rings. The van der Waals surface area contributed by atoms with Gasteiger partial charge in [-0.25, -0.2) is 9.98 Å². The number of rotatable bonds is 0. The summed E-state index contributed by atoms with van der Waals surface area (Å²) >= 11 is 0. The largest absolute Gasteiger partial charge is 0.249 e. The van der Waals surface area contributed by atoms with Gasteiger partial charge in [0, 0.05) is 12.6 Å². The van der Waals surface area contributed by atoms with E-state index >= 15 is 0 Å². The summed E-state index contributed by atoms with van der Waals surface area (Å²) in [6, 6.07) is 8.08. The molecule has 2 nitrogen and oxygen atoms in total. The molecule has 2 heteroatoms. The van der Waals surface area contributed by atoms with Crippen LogP contribution in [-0.4, -0.2) is 12.6 Å². The van der Waals surface area contributed by atoms with Gasteiger partial charge >= 0.3 is 0 Å². The van der Waals surface area contributed by atoms with Crippen LogP contribution < -0.4 is 0 Å². The molecule has 2 rings (SSSR count). The van der Waals surface area contributed by atoms with Gasteiger partial charge in [0.15, 0.2) is 0 Å². The molecule has 0 N–H and O–H groups in total. The molecule has 0 atom stereocenters. The van der Waals surface area contributed by atoms with E-state index in [0.29, 0.717) is 0 Å². The van der Waals surface area contributed by atoms with Crippen LogP contribution in [0.15, 0.2) is 34.3 Å². The van der Waals surface area contributed by atoms with Crippen molar-refractivity contribution in [2.75, 3.05) is 0 Å². The monoisotopic (exact) mass is 144 g/mol.